The van der Waals surface area contributed by atoms with Gasteiger partial charge in [0.1, 0.15) is 5.75 Å². The van der Waals surface area contributed by atoms with Crippen LogP contribution >= 0.6 is 0 Å². The molecule has 1 rings (SSSR count). The highest BCUT2D eigenvalue weighted by molar-refractivity contribution is 7.86. The van der Waals surface area contributed by atoms with Crippen molar-refractivity contribution in [1.82, 2.24) is 5.32 Å². The molecule has 0 aromatic rings. The molecule has 0 bridgehead atoms. The molecule has 0 saturated carbocycles. The number of Topliss-reactive ketones (excluding diaryl/α,β-unsaturated/α-hetero) is 1. The summed E-state index contributed by atoms with van der Waals surface area (Å²) in [6.07, 6.45) is 1.32. The molecule has 13 heavy (non-hydrogen) atoms. The lowest BCUT2D eigenvalue weighted by Crippen LogP contribution is -2.34. The van der Waals surface area contributed by atoms with Crippen LogP contribution in [0.4, 0.5) is 0 Å². The van der Waals surface area contributed by atoms with Crippen LogP contribution < -0.4 is 5.32 Å². The van der Waals surface area contributed by atoms with Crippen molar-refractivity contribution < 1.29 is 17.8 Å². The minimum Gasteiger partial charge on any atom is -0.317 e. The second kappa shape index (κ2) is 4.17. The maximum Gasteiger partial charge on any atom is 0.272 e. The van der Waals surface area contributed by atoms with Gasteiger partial charge in [-0.05, 0) is 25.9 Å². The molecule has 0 unspecified atom stereocenters. The van der Waals surface area contributed by atoms with E-state index in [-0.39, 0.29) is 11.7 Å². The van der Waals surface area contributed by atoms with E-state index >= 15 is 0 Å². The molecule has 1 saturated heterocycles. The van der Waals surface area contributed by atoms with E-state index in [9.17, 15) is 13.2 Å². The summed E-state index contributed by atoms with van der Waals surface area (Å²) in [6, 6.07) is 0. The summed E-state index contributed by atoms with van der Waals surface area (Å²) in [5, 5.41) is 3.07. The van der Waals surface area contributed by atoms with Crippen molar-refractivity contribution in [1.29, 1.82) is 0 Å². The Morgan fingerprint density at radius 1 is 1.38 bits per heavy atom. The smallest absolute Gasteiger partial charge is 0.272 e. The van der Waals surface area contributed by atoms with E-state index in [1.54, 1.807) is 0 Å². The molecule has 2 N–H and O–H groups in total. The minimum atomic E-state index is -4.14. The summed E-state index contributed by atoms with van der Waals surface area (Å²) in [6.45, 7) is 1.48. The van der Waals surface area contributed by atoms with E-state index in [2.05, 4.69) is 5.32 Å². The summed E-state index contributed by atoms with van der Waals surface area (Å²) < 4.78 is 29.3. The van der Waals surface area contributed by atoms with Gasteiger partial charge in [0, 0.05) is 5.92 Å². The van der Waals surface area contributed by atoms with Crippen molar-refractivity contribution in [2.24, 2.45) is 5.92 Å². The molecule has 1 aliphatic rings. The number of ketones is 1. The predicted octanol–water partition coefficient (Wildman–Crippen LogP) is -0.557. The quantitative estimate of drug-likeness (QED) is 0.606. The predicted molar refractivity (Wildman–Crippen MR) is 47.0 cm³/mol. The molecule has 5 nitrogen and oxygen atoms in total. The van der Waals surface area contributed by atoms with Gasteiger partial charge >= 0.3 is 0 Å². The Balaban J connectivity index is 2.47. The van der Waals surface area contributed by atoms with Gasteiger partial charge in [0.05, 0.1) is 0 Å². The number of hydrogen-bond donors (Lipinski definition) is 2. The van der Waals surface area contributed by atoms with Crippen molar-refractivity contribution in [3.8, 4) is 0 Å². The van der Waals surface area contributed by atoms with Crippen molar-refractivity contribution >= 4 is 15.9 Å². The number of rotatable bonds is 3. The molecule has 0 spiro atoms. The van der Waals surface area contributed by atoms with E-state index in [4.69, 9.17) is 4.55 Å². The van der Waals surface area contributed by atoms with Gasteiger partial charge in [-0.15, -0.1) is 0 Å². The molecule has 0 aliphatic carbocycles. The van der Waals surface area contributed by atoms with Crippen molar-refractivity contribution in [2.45, 2.75) is 12.8 Å². The van der Waals surface area contributed by atoms with E-state index < -0.39 is 15.9 Å². The molecule has 1 heterocycles. The fourth-order valence-corrected chi connectivity index (χ4v) is 2.04. The average molecular weight is 207 g/mol. The third kappa shape index (κ3) is 3.84. The van der Waals surface area contributed by atoms with Gasteiger partial charge in [-0.25, -0.2) is 0 Å². The monoisotopic (exact) mass is 207 g/mol. The number of piperidine rings is 1. The van der Waals surface area contributed by atoms with E-state index in [1.807, 2.05) is 0 Å². The first-order valence-corrected chi connectivity index (χ1v) is 5.78. The molecule has 76 valence electrons. The second-order valence-electron chi connectivity index (χ2n) is 3.22. The molecular formula is C7H13NO4S. The summed E-state index contributed by atoms with van der Waals surface area (Å²) in [4.78, 5) is 11.2. The fraction of sp³-hybridized carbons (Fsp3) is 0.857. The molecule has 1 aliphatic heterocycles. The van der Waals surface area contributed by atoms with Crippen molar-refractivity contribution in [2.75, 3.05) is 18.8 Å². The van der Waals surface area contributed by atoms with Gasteiger partial charge in [0.25, 0.3) is 10.1 Å². The lowest BCUT2D eigenvalue weighted by Gasteiger charge is -2.20. The second-order valence-corrected chi connectivity index (χ2v) is 4.67. The van der Waals surface area contributed by atoms with E-state index in [0.717, 1.165) is 13.1 Å². The van der Waals surface area contributed by atoms with Crippen LogP contribution in [0.15, 0.2) is 0 Å². The Labute approximate surface area is 77.3 Å². The van der Waals surface area contributed by atoms with E-state index in [0.29, 0.717) is 12.8 Å². The Morgan fingerprint density at radius 3 is 2.38 bits per heavy atom. The maximum atomic E-state index is 11.2. The van der Waals surface area contributed by atoms with Crippen LogP contribution in [0.2, 0.25) is 0 Å². The molecule has 0 atom stereocenters. The molecular weight excluding hydrogens is 194 g/mol. The topological polar surface area (TPSA) is 83.5 Å². The minimum absolute atomic E-state index is 0.205. The largest absolute Gasteiger partial charge is 0.317 e. The summed E-state index contributed by atoms with van der Waals surface area (Å²) in [5.41, 5.74) is 0. The van der Waals surface area contributed by atoms with Gasteiger partial charge in [-0.1, -0.05) is 0 Å². The Kier molecular flexibility index (Phi) is 3.40. The highest BCUT2D eigenvalue weighted by Gasteiger charge is 2.24. The third-order valence-electron chi connectivity index (χ3n) is 2.12. The zero-order chi connectivity index (χ0) is 9.90. The first-order valence-electron chi connectivity index (χ1n) is 4.17. The number of hydrogen-bond acceptors (Lipinski definition) is 4. The van der Waals surface area contributed by atoms with Crippen LogP contribution in [0, 0.1) is 5.92 Å². The van der Waals surface area contributed by atoms with Crippen LogP contribution in [0.5, 0.6) is 0 Å². The van der Waals surface area contributed by atoms with E-state index in [1.165, 1.54) is 0 Å². The Morgan fingerprint density at radius 2 is 1.92 bits per heavy atom. The first-order chi connectivity index (χ1) is 5.99. The summed E-state index contributed by atoms with van der Waals surface area (Å²) in [7, 11) is -4.14. The third-order valence-corrected chi connectivity index (χ3v) is 2.77. The maximum absolute atomic E-state index is 11.2. The lowest BCUT2D eigenvalue weighted by atomic mass is 9.94. The summed E-state index contributed by atoms with van der Waals surface area (Å²) >= 11 is 0. The van der Waals surface area contributed by atoms with Gasteiger partial charge in [-0.3, -0.25) is 9.35 Å². The molecule has 1 fully saturated rings. The Hall–Kier alpha value is -0.460. The summed E-state index contributed by atoms with van der Waals surface area (Å²) in [5.74, 6) is -1.32. The van der Waals surface area contributed by atoms with Gasteiger partial charge < -0.3 is 5.32 Å². The normalized spacial score (nSPS) is 20.1. The first kappa shape index (κ1) is 10.6. The number of carbonyl (C=O) groups is 1. The van der Waals surface area contributed by atoms with Crippen LogP contribution in [-0.2, 0) is 14.9 Å². The van der Waals surface area contributed by atoms with Crippen molar-refractivity contribution in [3.63, 3.8) is 0 Å². The van der Waals surface area contributed by atoms with Crippen LogP contribution in [-0.4, -0.2) is 37.6 Å². The van der Waals surface area contributed by atoms with Gasteiger partial charge in [0.15, 0.2) is 5.78 Å². The van der Waals surface area contributed by atoms with Crippen LogP contribution in [0.25, 0.3) is 0 Å². The van der Waals surface area contributed by atoms with Gasteiger partial charge in [0.2, 0.25) is 0 Å². The molecule has 0 aromatic carbocycles. The highest BCUT2D eigenvalue weighted by atomic mass is 32.2. The Bertz CT molecular complexity index is 279. The zero-order valence-corrected chi connectivity index (χ0v) is 8.01. The molecule has 0 radical (unpaired) electrons. The number of carbonyl (C=O) groups excluding carboxylic acids is 1. The zero-order valence-electron chi connectivity index (χ0n) is 7.19. The number of nitrogens with one attached hydrogen (secondary N) is 1. The molecule has 6 heteroatoms. The highest BCUT2D eigenvalue weighted by Crippen LogP contribution is 2.13. The standard InChI is InChI=1S/C7H13NO4S/c9-7(5-13(10,11)12)6-1-3-8-4-2-6/h6,8H,1-5H2,(H,10,11,12). The van der Waals surface area contributed by atoms with Gasteiger partial charge in [-0.2, -0.15) is 8.42 Å². The average Bonchev–Trinajstić information content (AvgIpc) is 2.03. The molecule has 0 amide bonds. The van der Waals surface area contributed by atoms with Crippen LogP contribution in [0.3, 0.4) is 0 Å². The lowest BCUT2D eigenvalue weighted by molar-refractivity contribution is -0.121. The van der Waals surface area contributed by atoms with Crippen molar-refractivity contribution in [3.05, 3.63) is 0 Å². The SMILES string of the molecule is O=C(CS(=O)(=O)O)C1CCNCC1. The fourth-order valence-electron chi connectivity index (χ4n) is 1.44. The molecule has 0 aromatic heterocycles. The van der Waals surface area contributed by atoms with Crippen LogP contribution in [0.1, 0.15) is 12.8 Å².